The molecule has 2 aromatic carbocycles. The van der Waals surface area contributed by atoms with Crippen molar-refractivity contribution in [2.75, 3.05) is 11.6 Å². The molecule has 0 N–H and O–H groups in total. The van der Waals surface area contributed by atoms with Crippen LogP contribution in [0.1, 0.15) is 5.56 Å². The number of hydrazone groups is 1. The third kappa shape index (κ3) is 3.97. The van der Waals surface area contributed by atoms with E-state index < -0.39 is 0 Å². The molecule has 0 amide bonds. The van der Waals surface area contributed by atoms with Gasteiger partial charge in [0.05, 0.1) is 18.4 Å². The third-order valence-electron chi connectivity index (χ3n) is 2.55. The van der Waals surface area contributed by atoms with Crippen LogP contribution >= 0.6 is 11.6 Å². The van der Waals surface area contributed by atoms with E-state index in [-0.39, 0.29) is 0 Å². The molecule has 0 heterocycles. The largest absolute Gasteiger partial charge is 0.262 e. The van der Waals surface area contributed by atoms with Crippen LogP contribution in [-0.2, 0) is 0 Å². The van der Waals surface area contributed by atoms with E-state index in [1.807, 2.05) is 71.9 Å². The summed E-state index contributed by atoms with van der Waals surface area (Å²) in [6, 6.07) is 17.6. The lowest BCUT2D eigenvalue weighted by molar-refractivity contribution is 0.947. The van der Waals surface area contributed by atoms with E-state index in [1.54, 1.807) is 0 Å². The van der Waals surface area contributed by atoms with Crippen molar-refractivity contribution < 1.29 is 0 Å². The average molecular weight is 271 g/mol. The number of hydrogen-bond acceptors (Lipinski definition) is 2. The summed E-state index contributed by atoms with van der Waals surface area (Å²) >= 11 is 6.00. The first-order valence-corrected chi connectivity index (χ1v) is 6.40. The molecular formula is C16H15ClN2. The number of halogens is 1. The Bertz CT molecular complexity index is 564. The number of rotatable bonds is 5. The van der Waals surface area contributed by atoms with Gasteiger partial charge in [0.1, 0.15) is 0 Å². The quantitative estimate of drug-likeness (QED) is 0.448. The van der Waals surface area contributed by atoms with E-state index in [1.165, 1.54) is 0 Å². The fourth-order valence-corrected chi connectivity index (χ4v) is 1.84. The maximum Gasteiger partial charge on any atom is 0.0612 e. The van der Waals surface area contributed by atoms with Crippen molar-refractivity contribution in [1.82, 2.24) is 0 Å². The van der Waals surface area contributed by atoms with Crippen molar-refractivity contribution >= 4 is 23.5 Å². The van der Waals surface area contributed by atoms with Crippen LogP contribution in [0.4, 0.5) is 5.69 Å². The minimum Gasteiger partial charge on any atom is -0.262 e. The van der Waals surface area contributed by atoms with Gasteiger partial charge in [-0.15, -0.1) is 6.58 Å². The molecule has 2 aromatic rings. The lowest BCUT2D eigenvalue weighted by Crippen LogP contribution is -2.16. The second-order valence-corrected chi connectivity index (χ2v) is 4.44. The molecular weight excluding hydrogens is 256 g/mol. The minimum atomic E-state index is 0.629. The summed E-state index contributed by atoms with van der Waals surface area (Å²) in [4.78, 5) is 0. The topological polar surface area (TPSA) is 15.6 Å². The Balaban J connectivity index is 2.21. The van der Waals surface area contributed by atoms with Crippen LogP contribution in [0, 0.1) is 0 Å². The SMILES string of the molecule is C=CCN(/N=C/c1ccccc1)c1cccc(Cl)c1. The highest BCUT2D eigenvalue weighted by molar-refractivity contribution is 6.30. The number of hydrogen-bond donors (Lipinski definition) is 0. The lowest BCUT2D eigenvalue weighted by Gasteiger charge is -2.17. The maximum absolute atomic E-state index is 6.00. The third-order valence-corrected chi connectivity index (χ3v) is 2.79. The average Bonchev–Trinajstić information content (AvgIpc) is 2.44. The zero-order valence-corrected chi connectivity index (χ0v) is 11.3. The van der Waals surface area contributed by atoms with Crippen molar-refractivity contribution in [3.8, 4) is 0 Å². The molecule has 0 aliphatic rings. The smallest absolute Gasteiger partial charge is 0.0612 e. The van der Waals surface area contributed by atoms with Crippen molar-refractivity contribution in [2.45, 2.75) is 0 Å². The van der Waals surface area contributed by atoms with Gasteiger partial charge in [0.2, 0.25) is 0 Å². The Morgan fingerprint density at radius 2 is 1.89 bits per heavy atom. The molecule has 0 unspecified atom stereocenters. The molecule has 0 radical (unpaired) electrons. The highest BCUT2D eigenvalue weighted by Gasteiger charge is 2.02. The molecule has 0 fully saturated rings. The number of anilines is 1. The molecule has 0 saturated heterocycles. The van der Waals surface area contributed by atoms with E-state index in [2.05, 4.69) is 11.7 Å². The summed E-state index contributed by atoms with van der Waals surface area (Å²) in [6.45, 7) is 4.38. The van der Waals surface area contributed by atoms with E-state index in [9.17, 15) is 0 Å². The molecule has 2 nitrogen and oxygen atoms in total. The molecule has 0 saturated carbocycles. The van der Waals surface area contributed by atoms with Gasteiger partial charge in [0.25, 0.3) is 0 Å². The summed E-state index contributed by atoms with van der Waals surface area (Å²) < 4.78 is 0. The summed E-state index contributed by atoms with van der Waals surface area (Å²) in [5.41, 5.74) is 2.00. The predicted octanol–water partition coefficient (Wildman–Crippen LogP) is 4.37. The Labute approximate surface area is 118 Å². The van der Waals surface area contributed by atoms with E-state index in [0.717, 1.165) is 11.3 Å². The first-order chi connectivity index (χ1) is 9.29. The van der Waals surface area contributed by atoms with Crippen LogP contribution in [0.3, 0.4) is 0 Å². The zero-order valence-electron chi connectivity index (χ0n) is 10.5. The molecule has 0 bridgehead atoms. The predicted molar refractivity (Wildman–Crippen MR) is 83.0 cm³/mol. The number of benzene rings is 2. The molecule has 0 aromatic heterocycles. The molecule has 0 aliphatic heterocycles. The zero-order chi connectivity index (χ0) is 13.5. The van der Waals surface area contributed by atoms with Crippen LogP contribution in [-0.4, -0.2) is 12.8 Å². The highest BCUT2D eigenvalue weighted by Crippen LogP contribution is 2.19. The van der Waals surface area contributed by atoms with Gasteiger partial charge in [-0.1, -0.05) is 54.1 Å². The molecule has 0 atom stereocenters. The molecule has 3 heteroatoms. The Hall–Kier alpha value is -2.06. The second kappa shape index (κ2) is 6.76. The molecule has 2 rings (SSSR count). The first kappa shape index (κ1) is 13.4. The molecule has 96 valence electrons. The summed E-state index contributed by atoms with van der Waals surface area (Å²) in [7, 11) is 0. The lowest BCUT2D eigenvalue weighted by atomic mass is 10.2. The summed E-state index contributed by atoms with van der Waals surface area (Å²) in [6.07, 6.45) is 3.63. The highest BCUT2D eigenvalue weighted by atomic mass is 35.5. The van der Waals surface area contributed by atoms with Gasteiger partial charge in [0.15, 0.2) is 0 Å². The van der Waals surface area contributed by atoms with E-state index >= 15 is 0 Å². The van der Waals surface area contributed by atoms with Crippen molar-refractivity contribution in [2.24, 2.45) is 5.10 Å². The van der Waals surface area contributed by atoms with E-state index in [0.29, 0.717) is 11.6 Å². The number of nitrogens with zero attached hydrogens (tertiary/aromatic N) is 2. The van der Waals surface area contributed by atoms with Gasteiger partial charge in [-0.25, -0.2) is 0 Å². The van der Waals surface area contributed by atoms with Crippen molar-refractivity contribution in [3.05, 3.63) is 77.8 Å². The summed E-state index contributed by atoms with van der Waals surface area (Å²) in [5, 5.41) is 7.02. The van der Waals surface area contributed by atoms with Gasteiger partial charge in [-0.3, -0.25) is 5.01 Å². The maximum atomic E-state index is 6.00. The van der Waals surface area contributed by atoms with Gasteiger partial charge < -0.3 is 0 Å². The fraction of sp³-hybridized carbons (Fsp3) is 0.0625. The van der Waals surface area contributed by atoms with Gasteiger partial charge in [0, 0.05) is 5.02 Å². The van der Waals surface area contributed by atoms with Crippen LogP contribution < -0.4 is 5.01 Å². The minimum absolute atomic E-state index is 0.629. The summed E-state index contributed by atoms with van der Waals surface area (Å²) in [5.74, 6) is 0. The van der Waals surface area contributed by atoms with Crippen LogP contribution in [0.5, 0.6) is 0 Å². The van der Waals surface area contributed by atoms with Gasteiger partial charge in [-0.05, 0) is 23.8 Å². The first-order valence-electron chi connectivity index (χ1n) is 6.02. The van der Waals surface area contributed by atoms with Gasteiger partial charge >= 0.3 is 0 Å². The normalized spacial score (nSPS) is 10.6. The van der Waals surface area contributed by atoms with Crippen LogP contribution in [0.2, 0.25) is 5.02 Å². The van der Waals surface area contributed by atoms with Crippen LogP contribution in [0.25, 0.3) is 0 Å². The Kier molecular flexibility index (Phi) is 4.76. The van der Waals surface area contributed by atoms with Crippen molar-refractivity contribution in [1.29, 1.82) is 0 Å². The standard InChI is InChI=1S/C16H15ClN2/c1-2-11-19(16-10-6-9-15(17)12-16)18-13-14-7-4-3-5-8-14/h2-10,12-13H,1,11H2/b18-13+. The fourth-order valence-electron chi connectivity index (χ4n) is 1.65. The molecule has 0 spiro atoms. The Morgan fingerprint density at radius 3 is 2.58 bits per heavy atom. The van der Waals surface area contributed by atoms with E-state index in [4.69, 9.17) is 11.6 Å². The van der Waals surface area contributed by atoms with Crippen molar-refractivity contribution in [3.63, 3.8) is 0 Å². The monoisotopic (exact) mass is 270 g/mol. The molecule has 0 aliphatic carbocycles. The molecule has 19 heavy (non-hydrogen) atoms. The Morgan fingerprint density at radius 1 is 1.11 bits per heavy atom. The second-order valence-electron chi connectivity index (χ2n) is 4.01. The van der Waals surface area contributed by atoms with Gasteiger partial charge in [-0.2, -0.15) is 5.10 Å². The van der Waals surface area contributed by atoms with Crippen LogP contribution in [0.15, 0.2) is 72.4 Å².